The Hall–Kier alpha value is -1.13. The molecule has 1 unspecified atom stereocenters. The van der Waals surface area contributed by atoms with Crippen LogP contribution in [0.4, 0.5) is 0 Å². The highest BCUT2D eigenvalue weighted by Gasteiger charge is 2.29. The average molecular weight is 283 g/mol. The van der Waals surface area contributed by atoms with Crippen molar-refractivity contribution in [3.8, 4) is 0 Å². The molecule has 0 bridgehead atoms. The third-order valence-corrected chi connectivity index (χ3v) is 3.56. The smallest absolute Gasteiger partial charge is 0.323 e. The zero-order valence-electron chi connectivity index (χ0n) is 11.1. The van der Waals surface area contributed by atoms with Gasteiger partial charge in [-0.25, -0.2) is 4.98 Å². The van der Waals surface area contributed by atoms with Gasteiger partial charge >= 0.3 is 5.97 Å². The Balaban J connectivity index is 2.05. The summed E-state index contributed by atoms with van der Waals surface area (Å²) in [7, 11) is 0. The molecule has 2 heterocycles. The minimum atomic E-state index is -0.124. The van der Waals surface area contributed by atoms with Crippen molar-refractivity contribution in [3.63, 3.8) is 0 Å². The van der Waals surface area contributed by atoms with E-state index in [1.807, 2.05) is 19.1 Å². The van der Waals surface area contributed by atoms with Crippen LogP contribution in [0.2, 0.25) is 5.15 Å². The van der Waals surface area contributed by atoms with E-state index < -0.39 is 0 Å². The Bertz CT molecular complexity index is 439. The predicted molar refractivity (Wildman–Crippen MR) is 73.9 cm³/mol. The normalized spacial score (nSPS) is 20.2. The first-order chi connectivity index (χ1) is 9.20. The van der Waals surface area contributed by atoms with E-state index in [-0.39, 0.29) is 12.0 Å². The van der Waals surface area contributed by atoms with Crippen molar-refractivity contribution in [1.29, 1.82) is 0 Å². The maximum Gasteiger partial charge on any atom is 0.323 e. The molecule has 1 aromatic rings. The molecule has 4 nitrogen and oxygen atoms in total. The van der Waals surface area contributed by atoms with Crippen molar-refractivity contribution in [1.82, 2.24) is 9.88 Å². The van der Waals surface area contributed by atoms with Gasteiger partial charge < -0.3 is 4.74 Å². The Morgan fingerprint density at radius 2 is 2.42 bits per heavy atom. The van der Waals surface area contributed by atoms with Crippen LogP contribution < -0.4 is 0 Å². The number of esters is 1. The summed E-state index contributed by atoms with van der Waals surface area (Å²) in [5, 5.41) is 0.488. The number of likely N-dealkylation sites (tertiary alicyclic amines) is 1. The number of pyridine rings is 1. The van der Waals surface area contributed by atoms with Gasteiger partial charge in [-0.15, -0.1) is 0 Å². The first-order valence-corrected chi connectivity index (χ1v) is 7.09. The molecule has 0 saturated carbocycles. The van der Waals surface area contributed by atoms with Crippen molar-refractivity contribution in [3.05, 3.63) is 29.0 Å². The highest BCUT2D eigenvalue weighted by Crippen LogP contribution is 2.21. The van der Waals surface area contributed by atoms with Gasteiger partial charge in [0, 0.05) is 12.7 Å². The molecule has 1 aliphatic heterocycles. The number of nitrogens with zero attached hydrogens (tertiary/aromatic N) is 2. The number of hydrogen-bond donors (Lipinski definition) is 0. The van der Waals surface area contributed by atoms with E-state index in [9.17, 15) is 4.79 Å². The molecule has 19 heavy (non-hydrogen) atoms. The minimum absolute atomic E-state index is 0.109. The molecular formula is C14H19ClN2O2. The van der Waals surface area contributed by atoms with Crippen LogP contribution in [0.15, 0.2) is 18.3 Å². The van der Waals surface area contributed by atoms with Gasteiger partial charge in [0.1, 0.15) is 11.2 Å². The standard InChI is InChI=1S/C14H19ClN2O2/c1-2-19-14(18)12-5-3-4-8-17(12)10-11-6-7-16-13(15)9-11/h6-7,9,12H,2-5,8,10H2,1H3. The van der Waals surface area contributed by atoms with Gasteiger partial charge in [-0.1, -0.05) is 18.0 Å². The Kier molecular flexibility index (Phi) is 5.16. The zero-order chi connectivity index (χ0) is 13.7. The molecule has 1 fully saturated rings. The average Bonchev–Trinajstić information content (AvgIpc) is 2.39. The Morgan fingerprint density at radius 3 is 3.16 bits per heavy atom. The molecule has 0 aromatic carbocycles. The quantitative estimate of drug-likeness (QED) is 0.629. The van der Waals surface area contributed by atoms with E-state index in [2.05, 4.69) is 9.88 Å². The fourth-order valence-electron chi connectivity index (χ4n) is 2.46. The number of aromatic nitrogens is 1. The maximum absolute atomic E-state index is 12.0. The summed E-state index contributed by atoms with van der Waals surface area (Å²) in [4.78, 5) is 18.1. The summed E-state index contributed by atoms with van der Waals surface area (Å²) >= 11 is 5.89. The number of carbonyl (C=O) groups excluding carboxylic acids is 1. The largest absolute Gasteiger partial charge is 0.465 e. The van der Waals surface area contributed by atoms with Crippen LogP contribution in [0.3, 0.4) is 0 Å². The molecule has 0 radical (unpaired) electrons. The van der Waals surface area contributed by atoms with Crippen LogP contribution in [0, 0.1) is 0 Å². The first-order valence-electron chi connectivity index (χ1n) is 6.72. The first kappa shape index (κ1) is 14.3. The zero-order valence-corrected chi connectivity index (χ0v) is 11.9. The molecule has 0 aliphatic carbocycles. The number of rotatable bonds is 4. The van der Waals surface area contributed by atoms with E-state index in [1.54, 1.807) is 6.20 Å². The van der Waals surface area contributed by atoms with Crippen LogP contribution in [-0.2, 0) is 16.1 Å². The van der Waals surface area contributed by atoms with Crippen molar-refractivity contribution in [2.24, 2.45) is 0 Å². The second-order valence-corrected chi connectivity index (χ2v) is 5.11. The molecule has 0 amide bonds. The molecule has 0 N–H and O–H groups in total. The van der Waals surface area contributed by atoms with E-state index in [0.29, 0.717) is 18.3 Å². The number of hydrogen-bond acceptors (Lipinski definition) is 4. The molecular weight excluding hydrogens is 264 g/mol. The summed E-state index contributed by atoms with van der Waals surface area (Å²) in [5.41, 5.74) is 1.08. The number of carbonyl (C=O) groups is 1. The molecule has 5 heteroatoms. The monoisotopic (exact) mass is 282 g/mol. The van der Waals surface area contributed by atoms with Gasteiger partial charge in [-0.3, -0.25) is 9.69 Å². The molecule has 1 aliphatic rings. The van der Waals surface area contributed by atoms with Gasteiger partial charge in [-0.2, -0.15) is 0 Å². The van der Waals surface area contributed by atoms with E-state index in [1.165, 1.54) is 0 Å². The van der Waals surface area contributed by atoms with Gasteiger partial charge in [0.05, 0.1) is 6.61 Å². The third kappa shape index (κ3) is 3.91. The fraction of sp³-hybridized carbons (Fsp3) is 0.571. The maximum atomic E-state index is 12.0. The summed E-state index contributed by atoms with van der Waals surface area (Å²) in [5.74, 6) is -0.109. The molecule has 2 rings (SSSR count). The lowest BCUT2D eigenvalue weighted by molar-refractivity contribution is -0.151. The molecule has 1 aromatic heterocycles. The van der Waals surface area contributed by atoms with E-state index in [0.717, 1.165) is 31.4 Å². The highest BCUT2D eigenvalue weighted by molar-refractivity contribution is 6.29. The number of ether oxygens (including phenoxy) is 1. The third-order valence-electron chi connectivity index (χ3n) is 3.35. The lowest BCUT2D eigenvalue weighted by atomic mass is 10.0. The lowest BCUT2D eigenvalue weighted by Gasteiger charge is -2.33. The van der Waals surface area contributed by atoms with Crippen molar-refractivity contribution >= 4 is 17.6 Å². The van der Waals surface area contributed by atoms with Crippen LogP contribution in [0.1, 0.15) is 31.7 Å². The Labute approximate surface area is 118 Å². The van der Waals surface area contributed by atoms with Gasteiger partial charge in [0.15, 0.2) is 0 Å². The van der Waals surface area contributed by atoms with Crippen molar-refractivity contribution in [2.45, 2.75) is 38.8 Å². The number of halogens is 1. The van der Waals surface area contributed by atoms with Gasteiger partial charge in [0.2, 0.25) is 0 Å². The van der Waals surface area contributed by atoms with E-state index >= 15 is 0 Å². The molecule has 104 valence electrons. The fourth-order valence-corrected chi connectivity index (χ4v) is 2.66. The second kappa shape index (κ2) is 6.87. The van der Waals surface area contributed by atoms with Crippen LogP contribution >= 0.6 is 11.6 Å². The lowest BCUT2D eigenvalue weighted by Crippen LogP contribution is -2.44. The van der Waals surface area contributed by atoms with Crippen molar-refractivity contribution < 1.29 is 9.53 Å². The van der Waals surface area contributed by atoms with E-state index in [4.69, 9.17) is 16.3 Å². The van der Waals surface area contributed by atoms with Crippen molar-refractivity contribution in [2.75, 3.05) is 13.2 Å². The molecule has 1 saturated heterocycles. The summed E-state index contributed by atoms with van der Waals surface area (Å²) < 4.78 is 5.15. The summed E-state index contributed by atoms with van der Waals surface area (Å²) in [6, 6.07) is 3.65. The van der Waals surface area contributed by atoms with Crippen LogP contribution in [0.25, 0.3) is 0 Å². The summed E-state index contributed by atoms with van der Waals surface area (Å²) in [6.07, 6.45) is 4.77. The minimum Gasteiger partial charge on any atom is -0.465 e. The van der Waals surface area contributed by atoms with Crippen LogP contribution in [0.5, 0.6) is 0 Å². The highest BCUT2D eigenvalue weighted by atomic mass is 35.5. The van der Waals surface area contributed by atoms with Crippen LogP contribution in [-0.4, -0.2) is 35.0 Å². The molecule has 1 atom stereocenters. The second-order valence-electron chi connectivity index (χ2n) is 4.72. The summed E-state index contributed by atoms with van der Waals surface area (Å²) in [6.45, 7) is 3.91. The van der Waals surface area contributed by atoms with Gasteiger partial charge in [-0.05, 0) is 44.0 Å². The van der Waals surface area contributed by atoms with Gasteiger partial charge in [0.25, 0.3) is 0 Å². The number of piperidine rings is 1. The predicted octanol–water partition coefficient (Wildman–Crippen LogP) is 2.65. The Morgan fingerprint density at radius 1 is 1.58 bits per heavy atom. The SMILES string of the molecule is CCOC(=O)C1CCCCN1Cc1ccnc(Cl)c1. The molecule has 0 spiro atoms. The topological polar surface area (TPSA) is 42.4 Å².